The third-order valence-electron chi connectivity index (χ3n) is 3.58. The van der Waals surface area contributed by atoms with E-state index in [4.69, 9.17) is 15.3 Å². The van der Waals surface area contributed by atoms with Gasteiger partial charge in [-0.05, 0) is 0 Å². The smallest absolute Gasteiger partial charge is 0.236 e. The van der Waals surface area contributed by atoms with Crippen LogP contribution < -0.4 is 0 Å². The van der Waals surface area contributed by atoms with E-state index >= 15 is 0 Å². The van der Waals surface area contributed by atoms with Gasteiger partial charge in [0.05, 0.1) is 38.1 Å². The fourth-order valence-electron chi connectivity index (χ4n) is 2.41. The summed E-state index contributed by atoms with van der Waals surface area (Å²) in [5.74, 6) is -0.0460. The summed E-state index contributed by atoms with van der Waals surface area (Å²) < 4.78 is 5.72. The molecule has 0 spiro atoms. The second-order valence-corrected chi connectivity index (χ2v) is 6.09. The molecule has 0 radical (unpaired) electrons. The molecule has 1 amide bonds. The van der Waals surface area contributed by atoms with E-state index in [-0.39, 0.29) is 31.4 Å². The van der Waals surface area contributed by atoms with Crippen LogP contribution in [0.5, 0.6) is 0 Å². The molecule has 0 unspecified atom stereocenters. The summed E-state index contributed by atoms with van der Waals surface area (Å²) in [5, 5.41) is 20.2. The lowest BCUT2D eigenvalue weighted by Crippen LogP contribution is -2.46. The molecule has 2 heterocycles. The first-order chi connectivity index (χ1) is 11.2. The number of rotatable bonds is 7. The summed E-state index contributed by atoms with van der Waals surface area (Å²) in [6.07, 6.45) is 2.21. The van der Waals surface area contributed by atoms with Gasteiger partial charge in [-0.15, -0.1) is 11.3 Å². The Hall–Kier alpha value is -2.00. The highest BCUT2D eigenvalue weighted by molar-refractivity contribution is 7.09. The van der Waals surface area contributed by atoms with Crippen LogP contribution in [-0.2, 0) is 9.53 Å². The fourth-order valence-corrected chi connectivity index (χ4v) is 3.09. The quantitative estimate of drug-likeness (QED) is 0.743. The van der Waals surface area contributed by atoms with Gasteiger partial charge in [0.2, 0.25) is 5.91 Å². The molecule has 8 heteroatoms. The predicted octanol–water partition coefficient (Wildman–Crippen LogP) is 1.17. The number of nitrogens with zero attached hydrogens (tertiary/aromatic N) is 5. The number of ether oxygens (including phenoxy) is 1. The summed E-state index contributed by atoms with van der Waals surface area (Å²) >= 11 is 1.55. The van der Waals surface area contributed by atoms with Crippen molar-refractivity contribution in [1.82, 2.24) is 14.8 Å². The molecule has 23 heavy (non-hydrogen) atoms. The van der Waals surface area contributed by atoms with Crippen LogP contribution in [0, 0.1) is 22.7 Å². The molecule has 1 aliphatic rings. The average Bonchev–Trinajstić information content (AvgIpc) is 3.09. The summed E-state index contributed by atoms with van der Waals surface area (Å²) in [4.78, 5) is 20.3. The van der Waals surface area contributed by atoms with Gasteiger partial charge in [0.25, 0.3) is 0 Å². The number of hydrogen-bond donors (Lipinski definition) is 0. The maximum absolute atomic E-state index is 12.4. The van der Waals surface area contributed by atoms with Crippen LogP contribution in [0.4, 0.5) is 0 Å². The summed E-state index contributed by atoms with van der Waals surface area (Å²) in [5.41, 5.74) is 0. The van der Waals surface area contributed by atoms with Crippen LogP contribution >= 0.6 is 11.3 Å². The highest BCUT2D eigenvalue weighted by Gasteiger charge is 2.26. The Bertz CT molecular complexity index is 560. The van der Waals surface area contributed by atoms with Crippen molar-refractivity contribution in [3.05, 3.63) is 16.6 Å². The Labute approximate surface area is 139 Å². The Morgan fingerprint density at radius 2 is 2.17 bits per heavy atom. The van der Waals surface area contributed by atoms with E-state index in [0.29, 0.717) is 32.8 Å². The highest BCUT2D eigenvalue weighted by Crippen LogP contribution is 2.23. The number of hydrogen-bond acceptors (Lipinski definition) is 7. The third-order valence-corrected chi connectivity index (χ3v) is 4.44. The molecule has 0 saturated carbocycles. The third kappa shape index (κ3) is 5.29. The number of morpholine rings is 1. The molecule has 1 atom stereocenters. The maximum Gasteiger partial charge on any atom is 0.236 e. The number of carbonyl (C=O) groups excluding carboxylic acids is 1. The van der Waals surface area contributed by atoms with E-state index in [1.54, 1.807) is 22.4 Å². The predicted molar refractivity (Wildman–Crippen MR) is 84.3 cm³/mol. The van der Waals surface area contributed by atoms with Gasteiger partial charge < -0.3 is 9.64 Å². The van der Waals surface area contributed by atoms with Gasteiger partial charge in [-0.2, -0.15) is 10.5 Å². The molecule has 0 bridgehead atoms. The second kappa shape index (κ2) is 9.21. The van der Waals surface area contributed by atoms with Crippen LogP contribution in [0.2, 0.25) is 0 Å². The maximum atomic E-state index is 12.4. The molecule has 1 aromatic heterocycles. The van der Waals surface area contributed by atoms with E-state index in [9.17, 15) is 4.79 Å². The van der Waals surface area contributed by atoms with Gasteiger partial charge in [-0.1, -0.05) is 0 Å². The van der Waals surface area contributed by atoms with E-state index in [2.05, 4.69) is 4.98 Å². The molecule has 7 nitrogen and oxygen atoms in total. The van der Waals surface area contributed by atoms with Crippen molar-refractivity contribution in [2.75, 3.05) is 39.3 Å². The van der Waals surface area contributed by atoms with Crippen LogP contribution in [0.25, 0.3) is 0 Å². The van der Waals surface area contributed by atoms with Crippen LogP contribution in [0.15, 0.2) is 11.6 Å². The number of carbonyl (C=O) groups is 1. The number of nitriles is 2. The van der Waals surface area contributed by atoms with Crippen molar-refractivity contribution in [2.45, 2.75) is 18.9 Å². The normalized spacial score (nSPS) is 18.1. The second-order valence-electron chi connectivity index (χ2n) is 5.16. The van der Waals surface area contributed by atoms with Crippen molar-refractivity contribution < 1.29 is 9.53 Å². The first-order valence-electron chi connectivity index (χ1n) is 7.49. The topological polar surface area (TPSA) is 93.2 Å². The highest BCUT2D eigenvalue weighted by atomic mass is 32.1. The Morgan fingerprint density at radius 1 is 1.43 bits per heavy atom. The van der Waals surface area contributed by atoms with Crippen molar-refractivity contribution in [3.8, 4) is 12.1 Å². The minimum Gasteiger partial charge on any atom is -0.368 e. The lowest BCUT2D eigenvalue weighted by molar-refractivity contribution is -0.134. The molecular formula is C15H19N5O2S. The number of aromatic nitrogens is 1. The summed E-state index contributed by atoms with van der Waals surface area (Å²) in [6, 6.07) is 4.08. The molecular weight excluding hydrogens is 314 g/mol. The SMILES string of the molecule is N#CCCN(CCC#N)C(=O)CN1CCO[C@H](c2nccs2)C1. The molecule has 1 aliphatic heterocycles. The number of amides is 1. The van der Waals surface area contributed by atoms with Gasteiger partial charge in [-0.3, -0.25) is 9.69 Å². The van der Waals surface area contributed by atoms with E-state index in [1.165, 1.54) is 0 Å². The van der Waals surface area contributed by atoms with Crippen molar-refractivity contribution in [3.63, 3.8) is 0 Å². The fraction of sp³-hybridized carbons (Fsp3) is 0.600. The molecule has 0 N–H and O–H groups in total. The first kappa shape index (κ1) is 17.4. The zero-order valence-corrected chi connectivity index (χ0v) is 13.7. The molecule has 0 aliphatic carbocycles. The minimum atomic E-state index is -0.0942. The lowest BCUT2D eigenvalue weighted by Gasteiger charge is -2.33. The molecule has 122 valence electrons. The van der Waals surface area contributed by atoms with Crippen molar-refractivity contribution >= 4 is 17.2 Å². The Kier molecular flexibility index (Phi) is 6.95. The van der Waals surface area contributed by atoms with Gasteiger partial charge >= 0.3 is 0 Å². The minimum absolute atomic E-state index is 0.0460. The molecule has 2 rings (SSSR count). The van der Waals surface area contributed by atoms with Gasteiger partial charge in [0.15, 0.2) is 0 Å². The summed E-state index contributed by atoms with van der Waals surface area (Å²) in [7, 11) is 0. The van der Waals surface area contributed by atoms with Crippen molar-refractivity contribution in [2.24, 2.45) is 0 Å². The zero-order chi connectivity index (χ0) is 16.5. The molecule has 1 fully saturated rings. The Balaban J connectivity index is 1.89. The van der Waals surface area contributed by atoms with Crippen LogP contribution in [0.3, 0.4) is 0 Å². The van der Waals surface area contributed by atoms with E-state index in [0.717, 1.165) is 5.01 Å². The van der Waals surface area contributed by atoms with Crippen LogP contribution in [-0.4, -0.2) is 60.0 Å². The number of thiazole rings is 1. The molecule has 1 saturated heterocycles. The van der Waals surface area contributed by atoms with Crippen molar-refractivity contribution in [1.29, 1.82) is 10.5 Å². The standard InChI is InChI=1S/C15H19N5O2S/c16-3-1-6-20(7-2-4-17)14(21)12-19-8-9-22-13(11-19)15-18-5-10-23-15/h5,10,13H,1-2,6-9,11-12H2/t13-/m0/s1. The van der Waals surface area contributed by atoms with Gasteiger partial charge in [-0.25, -0.2) is 4.98 Å². The largest absolute Gasteiger partial charge is 0.368 e. The zero-order valence-electron chi connectivity index (χ0n) is 12.8. The van der Waals surface area contributed by atoms with E-state index in [1.807, 2.05) is 22.4 Å². The monoisotopic (exact) mass is 333 g/mol. The average molecular weight is 333 g/mol. The summed E-state index contributed by atoms with van der Waals surface area (Å²) in [6.45, 7) is 2.91. The first-order valence-corrected chi connectivity index (χ1v) is 8.37. The van der Waals surface area contributed by atoms with Gasteiger partial charge in [0, 0.05) is 37.8 Å². The molecule has 0 aromatic carbocycles. The Morgan fingerprint density at radius 3 is 2.78 bits per heavy atom. The van der Waals surface area contributed by atoms with E-state index < -0.39 is 0 Å². The van der Waals surface area contributed by atoms with Crippen LogP contribution in [0.1, 0.15) is 24.0 Å². The van der Waals surface area contributed by atoms with Gasteiger partial charge in [0.1, 0.15) is 11.1 Å². The lowest BCUT2D eigenvalue weighted by atomic mass is 10.2. The molecule has 1 aromatic rings.